The molecule has 0 heterocycles. The molecule has 1 atom stereocenters. The van der Waals surface area contributed by atoms with Gasteiger partial charge in [0.1, 0.15) is 12.4 Å². The fourth-order valence-corrected chi connectivity index (χ4v) is 3.01. The Balaban J connectivity index is 1.50. The Hall–Kier alpha value is -2.04. The van der Waals surface area contributed by atoms with Crippen LogP contribution >= 0.6 is 23.2 Å². The van der Waals surface area contributed by atoms with Gasteiger partial charge in [0.2, 0.25) is 0 Å². The lowest BCUT2D eigenvalue weighted by molar-refractivity contribution is 0.174. The van der Waals surface area contributed by atoms with E-state index in [0.29, 0.717) is 29.7 Å². The fraction of sp³-hybridized carbons (Fsp3) is 0.182. The predicted molar refractivity (Wildman–Crippen MR) is 110 cm³/mol. The zero-order chi connectivity index (χ0) is 19.1. The molecule has 3 aromatic carbocycles. The molecule has 0 saturated carbocycles. The summed E-state index contributed by atoms with van der Waals surface area (Å²) in [6.07, 6.45) is -0.528. The van der Waals surface area contributed by atoms with Gasteiger partial charge in [-0.2, -0.15) is 0 Å². The molecule has 1 unspecified atom stereocenters. The van der Waals surface area contributed by atoms with Crippen LogP contribution in [0.4, 0.5) is 0 Å². The maximum Gasteiger partial charge on any atom is 0.120 e. The van der Waals surface area contributed by atoms with Crippen molar-refractivity contribution >= 4 is 23.2 Å². The largest absolute Gasteiger partial charge is 0.489 e. The molecule has 3 nitrogen and oxygen atoms in total. The first kappa shape index (κ1) is 19.7. The van der Waals surface area contributed by atoms with E-state index in [1.807, 2.05) is 60.7 Å². The molecular formula is C22H21Cl2NO2. The third kappa shape index (κ3) is 5.98. The molecule has 3 aromatic rings. The topological polar surface area (TPSA) is 41.5 Å². The molecule has 27 heavy (non-hydrogen) atoms. The summed E-state index contributed by atoms with van der Waals surface area (Å²) in [5.41, 5.74) is 2.95. The Morgan fingerprint density at radius 2 is 1.67 bits per heavy atom. The van der Waals surface area contributed by atoms with Crippen molar-refractivity contribution in [3.05, 3.63) is 99.5 Å². The summed E-state index contributed by atoms with van der Waals surface area (Å²) in [7, 11) is 0. The lowest BCUT2D eigenvalue weighted by Gasteiger charge is -2.13. The van der Waals surface area contributed by atoms with Crippen molar-refractivity contribution in [1.29, 1.82) is 0 Å². The minimum Gasteiger partial charge on any atom is -0.489 e. The molecule has 2 N–H and O–H groups in total. The van der Waals surface area contributed by atoms with Crippen LogP contribution in [-0.2, 0) is 13.2 Å². The number of aliphatic hydroxyl groups excluding tert-OH is 1. The first-order valence-corrected chi connectivity index (χ1v) is 9.47. The number of nitrogens with one attached hydrogen (secondary N) is 1. The number of hydrogen-bond donors (Lipinski definition) is 2. The van der Waals surface area contributed by atoms with Gasteiger partial charge in [-0.15, -0.1) is 0 Å². The normalized spacial score (nSPS) is 12.0. The van der Waals surface area contributed by atoms with Gasteiger partial charge in [0, 0.05) is 13.1 Å². The van der Waals surface area contributed by atoms with Crippen molar-refractivity contribution in [3.63, 3.8) is 0 Å². The fourth-order valence-electron chi connectivity index (χ4n) is 2.69. The van der Waals surface area contributed by atoms with Crippen molar-refractivity contribution in [2.75, 3.05) is 6.54 Å². The Bertz CT molecular complexity index is 871. The van der Waals surface area contributed by atoms with Crippen LogP contribution < -0.4 is 10.1 Å². The smallest absolute Gasteiger partial charge is 0.120 e. The molecule has 0 aliphatic heterocycles. The van der Waals surface area contributed by atoms with Crippen LogP contribution in [0.5, 0.6) is 5.75 Å². The first-order chi connectivity index (χ1) is 13.1. The number of halogens is 2. The quantitative estimate of drug-likeness (QED) is 0.531. The summed E-state index contributed by atoms with van der Waals surface area (Å²) < 4.78 is 5.85. The standard InChI is InChI=1S/C22H21Cl2NO2/c23-20-10-9-17(12-21(20)24)15-27-19-8-4-5-16(11-19)13-25-14-22(26)18-6-2-1-3-7-18/h1-12,22,25-26H,13-15H2. The minimum atomic E-state index is -0.528. The van der Waals surface area contributed by atoms with E-state index in [9.17, 15) is 5.11 Å². The summed E-state index contributed by atoms with van der Waals surface area (Å²) in [5.74, 6) is 0.781. The molecule has 0 saturated heterocycles. The lowest BCUT2D eigenvalue weighted by Crippen LogP contribution is -2.21. The maximum atomic E-state index is 10.2. The van der Waals surface area contributed by atoms with E-state index in [-0.39, 0.29) is 0 Å². The number of ether oxygens (including phenoxy) is 1. The summed E-state index contributed by atoms with van der Waals surface area (Å²) in [6, 6.07) is 23.0. The molecule has 0 fully saturated rings. The Morgan fingerprint density at radius 1 is 0.852 bits per heavy atom. The molecule has 0 spiro atoms. The first-order valence-electron chi connectivity index (χ1n) is 8.71. The Kier molecular flexibility index (Phi) is 7.13. The minimum absolute atomic E-state index is 0.417. The summed E-state index contributed by atoms with van der Waals surface area (Å²) in [4.78, 5) is 0. The maximum absolute atomic E-state index is 10.2. The van der Waals surface area contributed by atoms with Gasteiger partial charge in [0.05, 0.1) is 16.1 Å². The second kappa shape index (κ2) is 9.77. The SMILES string of the molecule is OC(CNCc1cccc(OCc2ccc(Cl)c(Cl)c2)c1)c1ccccc1. The molecule has 0 amide bonds. The van der Waals surface area contributed by atoms with E-state index < -0.39 is 6.10 Å². The highest BCUT2D eigenvalue weighted by Crippen LogP contribution is 2.23. The molecule has 0 bridgehead atoms. The molecule has 0 aliphatic carbocycles. The molecule has 0 aliphatic rings. The highest BCUT2D eigenvalue weighted by Gasteiger charge is 2.06. The molecule has 140 valence electrons. The third-order valence-electron chi connectivity index (χ3n) is 4.14. The highest BCUT2D eigenvalue weighted by atomic mass is 35.5. The third-order valence-corrected chi connectivity index (χ3v) is 4.88. The zero-order valence-corrected chi connectivity index (χ0v) is 16.3. The van der Waals surface area contributed by atoms with Gasteiger partial charge in [-0.05, 0) is 41.0 Å². The molecular weight excluding hydrogens is 381 g/mol. The van der Waals surface area contributed by atoms with Gasteiger partial charge < -0.3 is 15.2 Å². The van der Waals surface area contributed by atoms with E-state index in [1.54, 1.807) is 12.1 Å². The highest BCUT2D eigenvalue weighted by molar-refractivity contribution is 6.42. The molecule has 0 radical (unpaired) electrons. The Labute approximate surface area is 169 Å². The van der Waals surface area contributed by atoms with Crippen LogP contribution in [0.3, 0.4) is 0 Å². The van der Waals surface area contributed by atoms with Crippen molar-refractivity contribution in [1.82, 2.24) is 5.32 Å². The van der Waals surface area contributed by atoms with Gasteiger partial charge in [-0.25, -0.2) is 0 Å². The second-order valence-corrected chi connectivity index (χ2v) is 7.06. The van der Waals surface area contributed by atoms with E-state index in [2.05, 4.69) is 5.32 Å². The van der Waals surface area contributed by atoms with E-state index in [0.717, 1.165) is 22.4 Å². The van der Waals surface area contributed by atoms with Gasteiger partial charge in [0.25, 0.3) is 0 Å². The van der Waals surface area contributed by atoms with E-state index in [1.165, 1.54) is 0 Å². The van der Waals surface area contributed by atoms with Crippen LogP contribution in [0.25, 0.3) is 0 Å². The summed E-state index contributed by atoms with van der Waals surface area (Å²) in [6.45, 7) is 1.55. The van der Waals surface area contributed by atoms with E-state index >= 15 is 0 Å². The van der Waals surface area contributed by atoms with Crippen molar-refractivity contribution < 1.29 is 9.84 Å². The van der Waals surface area contributed by atoms with Gasteiger partial charge in [-0.3, -0.25) is 0 Å². The predicted octanol–water partition coefficient (Wildman–Crippen LogP) is 5.40. The lowest BCUT2D eigenvalue weighted by atomic mass is 10.1. The Morgan fingerprint density at radius 3 is 2.44 bits per heavy atom. The van der Waals surface area contributed by atoms with Crippen LogP contribution in [0, 0.1) is 0 Å². The van der Waals surface area contributed by atoms with Crippen LogP contribution in [0.1, 0.15) is 22.8 Å². The van der Waals surface area contributed by atoms with Crippen molar-refractivity contribution in [3.8, 4) is 5.75 Å². The number of hydrogen-bond acceptors (Lipinski definition) is 3. The van der Waals surface area contributed by atoms with Gasteiger partial charge in [-0.1, -0.05) is 71.7 Å². The molecule has 0 aromatic heterocycles. The molecule has 5 heteroatoms. The van der Waals surface area contributed by atoms with Crippen LogP contribution in [0.15, 0.2) is 72.8 Å². The second-order valence-electron chi connectivity index (χ2n) is 6.24. The van der Waals surface area contributed by atoms with Crippen LogP contribution in [-0.4, -0.2) is 11.7 Å². The number of benzene rings is 3. The van der Waals surface area contributed by atoms with E-state index in [4.69, 9.17) is 27.9 Å². The summed E-state index contributed by atoms with van der Waals surface area (Å²) >= 11 is 12.0. The zero-order valence-electron chi connectivity index (χ0n) is 14.7. The average molecular weight is 402 g/mol. The van der Waals surface area contributed by atoms with Crippen LogP contribution in [0.2, 0.25) is 10.0 Å². The monoisotopic (exact) mass is 401 g/mol. The summed E-state index contributed by atoms with van der Waals surface area (Å²) in [5, 5.41) is 14.5. The average Bonchev–Trinajstić information content (AvgIpc) is 2.70. The van der Waals surface area contributed by atoms with Crippen molar-refractivity contribution in [2.24, 2.45) is 0 Å². The number of rotatable bonds is 8. The van der Waals surface area contributed by atoms with Gasteiger partial charge >= 0.3 is 0 Å². The van der Waals surface area contributed by atoms with Gasteiger partial charge in [0.15, 0.2) is 0 Å². The van der Waals surface area contributed by atoms with Crippen molar-refractivity contribution in [2.45, 2.75) is 19.3 Å². The number of aliphatic hydroxyl groups is 1. The molecule has 3 rings (SSSR count).